The number of carbonyl (C=O) groups excluding carboxylic acids is 1. The molecule has 0 heterocycles. The van der Waals surface area contributed by atoms with Crippen molar-refractivity contribution < 1.29 is 19.0 Å². The van der Waals surface area contributed by atoms with Crippen LogP contribution in [0.15, 0.2) is 83.4 Å². The highest BCUT2D eigenvalue weighted by molar-refractivity contribution is 6.10. The Labute approximate surface area is 227 Å². The van der Waals surface area contributed by atoms with Gasteiger partial charge in [-0.25, -0.2) is 0 Å². The number of carbonyl (C=O) groups is 1. The Balaban J connectivity index is 0.000000474. The normalized spacial score (nSPS) is 11.5. The predicted molar refractivity (Wildman–Crippen MR) is 158 cm³/mol. The average molecular weight is 517 g/mol. The summed E-state index contributed by atoms with van der Waals surface area (Å²) in [6.07, 6.45) is 0.175. The van der Waals surface area contributed by atoms with Crippen LogP contribution in [0.3, 0.4) is 0 Å². The second-order valence-electron chi connectivity index (χ2n) is 8.67. The first kappa shape index (κ1) is 30.2. The van der Waals surface area contributed by atoms with Gasteiger partial charge in [-0.15, -0.1) is 0 Å². The first-order valence-electron chi connectivity index (χ1n) is 12.7. The number of anilines is 1. The molecule has 0 atom stereocenters. The highest BCUT2D eigenvalue weighted by atomic mass is 16.5. The van der Waals surface area contributed by atoms with E-state index >= 15 is 0 Å². The lowest BCUT2D eigenvalue weighted by Crippen LogP contribution is -2.20. The van der Waals surface area contributed by atoms with E-state index in [0.717, 1.165) is 45.2 Å². The Bertz CT molecular complexity index is 1220. The Morgan fingerprint density at radius 3 is 2.08 bits per heavy atom. The lowest BCUT2D eigenvalue weighted by Gasteiger charge is -2.18. The summed E-state index contributed by atoms with van der Waals surface area (Å²) in [5.74, 6) is 1.47. The maximum Gasteiger partial charge on any atom is 0.310 e. The number of ether oxygens (including phenoxy) is 3. The summed E-state index contributed by atoms with van der Waals surface area (Å²) in [7, 11) is 5.08. The van der Waals surface area contributed by atoms with Crippen LogP contribution in [0.25, 0.3) is 5.57 Å². The molecule has 3 aromatic rings. The van der Waals surface area contributed by atoms with Crippen molar-refractivity contribution in [1.82, 2.24) is 0 Å². The van der Waals surface area contributed by atoms with Crippen LogP contribution in [-0.4, -0.2) is 46.1 Å². The number of aryl methyl sites for hydroxylation is 2. The molecule has 0 bridgehead atoms. The third-order valence-electron chi connectivity index (χ3n) is 6.03. The summed E-state index contributed by atoms with van der Waals surface area (Å²) in [6, 6.07) is 23.8. The van der Waals surface area contributed by atoms with Crippen LogP contribution in [0.5, 0.6) is 11.5 Å². The topological polar surface area (TPSA) is 69.2 Å². The van der Waals surface area contributed by atoms with E-state index in [-0.39, 0.29) is 12.4 Å². The molecule has 0 unspecified atom stereocenters. The molecule has 0 saturated heterocycles. The van der Waals surface area contributed by atoms with Gasteiger partial charge in [0, 0.05) is 12.7 Å². The highest BCUT2D eigenvalue weighted by Crippen LogP contribution is 2.28. The number of benzene rings is 3. The fourth-order valence-corrected chi connectivity index (χ4v) is 3.89. The molecule has 0 fully saturated rings. The molecule has 0 amide bonds. The van der Waals surface area contributed by atoms with Crippen molar-refractivity contribution >= 4 is 22.9 Å². The number of esters is 1. The van der Waals surface area contributed by atoms with Gasteiger partial charge in [-0.2, -0.15) is 0 Å². The standard InChI is InChI=1S/C24H30N2O3.C8H10O/c1-6-29-24(27)15-22(18(3)21-13-12-20(28-5)14-17(21)2)23(25-4)16-26-19-10-8-7-9-11-19;1-7-3-5-8(9-2)6-4-7/h7-14,26H,6,15-16H2,1-5H3;3-6H,1-2H3/b22-18+,25-23?;. The van der Waals surface area contributed by atoms with Gasteiger partial charge < -0.3 is 19.5 Å². The van der Waals surface area contributed by atoms with Crippen LogP contribution in [0.4, 0.5) is 5.69 Å². The second kappa shape index (κ2) is 15.9. The zero-order valence-corrected chi connectivity index (χ0v) is 23.6. The van der Waals surface area contributed by atoms with Gasteiger partial charge >= 0.3 is 5.97 Å². The Kier molecular flexibility index (Phi) is 12.6. The lowest BCUT2D eigenvalue weighted by atomic mass is 9.92. The number of hydrogen-bond donors (Lipinski definition) is 1. The molecule has 1 N–H and O–H groups in total. The maximum atomic E-state index is 12.3. The Hall–Kier alpha value is -4.06. The van der Waals surface area contributed by atoms with E-state index in [1.807, 2.05) is 93.6 Å². The molecule has 38 heavy (non-hydrogen) atoms. The SMILES string of the molecule is CCOC(=O)C/C(C(CNc1ccccc1)=NC)=C(/C)c1ccc(OC)cc1C.COc1ccc(C)cc1. The smallest absolute Gasteiger partial charge is 0.310 e. The molecular weight excluding hydrogens is 476 g/mol. The minimum atomic E-state index is -0.256. The minimum absolute atomic E-state index is 0.175. The van der Waals surface area contributed by atoms with Gasteiger partial charge in [0.25, 0.3) is 0 Å². The van der Waals surface area contributed by atoms with Crippen LogP contribution < -0.4 is 14.8 Å². The zero-order valence-electron chi connectivity index (χ0n) is 23.6. The van der Waals surface area contributed by atoms with Crippen molar-refractivity contribution in [3.8, 4) is 11.5 Å². The molecule has 3 rings (SSSR count). The van der Waals surface area contributed by atoms with E-state index in [1.165, 1.54) is 5.56 Å². The molecule has 202 valence electrons. The fourth-order valence-electron chi connectivity index (χ4n) is 3.89. The van der Waals surface area contributed by atoms with Crippen molar-refractivity contribution in [3.05, 3.63) is 95.1 Å². The average Bonchev–Trinajstić information content (AvgIpc) is 2.93. The molecule has 0 radical (unpaired) electrons. The third-order valence-corrected chi connectivity index (χ3v) is 6.03. The number of nitrogens with zero attached hydrogens (tertiary/aromatic N) is 1. The number of allylic oxidation sites excluding steroid dienone is 1. The largest absolute Gasteiger partial charge is 0.497 e. The van der Waals surface area contributed by atoms with E-state index in [2.05, 4.69) is 17.2 Å². The number of rotatable bonds is 10. The molecular formula is C32H40N2O4. The van der Waals surface area contributed by atoms with Crippen LogP contribution in [0, 0.1) is 13.8 Å². The van der Waals surface area contributed by atoms with Gasteiger partial charge in [0.2, 0.25) is 0 Å². The summed E-state index contributed by atoms with van der Waals surface area (Å²) in [5.41, 5.74) is 7.12. The van der Waals surface area contributed by atoms with Crippen LogP contribution >= 0.6 is 0 Å². The molecule has 0 aliphatic heterocycles. The first-order valence-corrected chi connectivity index (χ1v) is 12.7. The first-order chi connectivity index (χ1) is 18.3. The summed E-state index contributed by atoms with van der Waals surface area (Å²) >= 11 is 0. The number of methoxy groups -OCH3 is 2. The third kappa shape index (κ3) is 9.43. The van der Waals surface area contributed by atoms with Gasteiger partial charge in [-0.3, -0.25) is 9.79 Å². The molecule has 0 saturated carbocycles. The molecule has 0 aromatic heterocycles. The summed E-state index contributed by atoms with van der Waals surface area (Å²) in [4.78, 5) is 16.8. The highest BCUT2D eigenvalue weighted by Gasteiger charge is 2.18. The predicted octanol–water partition coefficient (Wildman–Crippen LogP) is 6.92. The maximum absolute atomic E-state index is 12.3. The van der Waals surface area contributed by atoms with Gasteiger partial charge in [0.05, 0.1) is 39.5 Å². The van der Waals surface area contributed by atoms with Gasteiger partial charge in [-0.1, -0.05) is 42.0 Å². The molecule has 0 spiro atoms. The van der Waals surface area contributed by atoms with Crippen molar-refractivity contribution in [3.63, 3.8) is 0 Å². The minimum Gasteiger partial charge on any atom is -0.497 e. The van der Waals surface area contributed by atoms with Crippen LogP contribution in [0.1, 0.15) is 37.0 Å². The second-order valence-corrected chi connectivity index (χ2v) is 8.67. The zero-order chi connectivity index (χ0) is 27.9. The number of hydrogen-bond acceptors (Lipinski definition) is 6. The van der Waals surface area contributed by atoms with Gasteiger partial charge in [-0.05, 0) is 86.4 Å². The van der Waals surface area contributed by atoms with Crippen molar-refractivity contribution in [2.24, 2.45) is 4.99 Å². The van der Waals surface area contributed by atoms with Gasteiger partial charge in [0.1, 0.15) is 11.5 Å². The van der Waals surface area contributed by atoms with E-state index < -0.39 is 0 Å². The van der Waals surface area contributed by atoms with E-state index in [9.17, 15) is 4.79 Å². The number of nitrogens with one attached hydrogen (secondary N) is 1. The van der Waals surface area contributed by atoms with Gasteiger partial charge in [0.15, 0.2) is 0 Å². The molecule has 3 aromatic carbocycles. The molecule has 0 aliphatic carbocycles. The lowest BCUT2D eigenvalue weighted by molar-refractivity contribution is -0.142. The van der Waals surface area contributed by atoms with E-state index in [1.54, 1.807) is 21.3 Å². The summed E-state index contributed by atoms with van der Waals surface area (Å²) in [6.45, 7) is 8.80. The van der Waals surface area contributed by atoms with Crippen LogP contribution in [0.2, 0.25) is 0 Å². The number of para-hydroxylation sites is 1. The molecule has 6 nitrogen and oxygen atoms in total. The van der Waals surface area contributed by atoms with Crippen molar-refractivity contribution in [2.45, 2.75) is 34.1 Å². The van der Waals surface area contributed by atoms with E-state index in [0.29, 0.717) is 13.2 Å². The van der Waals surface area contributed by atoms with Crippen molar-refractivity contribution in [2.75, 3.05) is 39.7 Å². The fraction of sp³-hybridized carbons (Fsp3) is 0.312. The number of aliphatic imine (C=N–C) groups is 1. The summed E-state index contributed by atoms with van der Waals surface area (Å²) in [5, 5.41) is 3.38. The van der Waals surface area contributed by atoms with Crippen molar-refractivity contribution in [1.29, 1.82) is 0 Å². The van der Waals surface area contributed by atoms with Crippen LogP contribution in [-0.2, 0) is 9.53 Å². The molecule has 0 aliphatic rings. The Morgan fingerprint density at radius 2 is 1.53 bits per heavy atom. The Morgan fingerprint density at radius 1 is 0.895 bits per heavy atom. The quantitative estimate of drug-likeness (QED) is 0.234. The monoisotopic (exact) mass is 516 g/mol. The van der Waals surface area contributed by atoms with E-state index in [4.69, 9.17) is 14.2 Å². The molecule has 6 heteroatoms. The summed E-state index contributed by atoms with van der Waals surface area (Å²) < 4.78 is 15.5.